The van der Waals surface area contributed by atoms with Gasteiger partial charge in [-0.3, -0.25) is 4.79 Å². The molecule has 2 N–H and O–H groups in total. The molecule has 2 unspecified atom stereocenters. The lowest BCUT2D eigenvalue weighted by Gasteiger charge is -2.25. The molecule has 0 bridgehead atoms. The van der Waals surface area contributed by atoms with Gasteiger partial charge in [0, 0.05) is 18.1 Å². The Balaban J connectivity index is 1.42. The molecule has 1 amide bonds. The van der Waals surface area contributed by atoms with Crippen LogP contribution in [0.25, 0.3) is 11.0 Å². The molecule has 1 heterocycles. The van der Waals surface area contributed by atoms with Crippen LogP contribution >= 0.6 is 11.6 Å². The highest BCUT2D eigenvalue weighted by atomic mass is 35.5. The van der Waals surface area contributed by atoms with Gasteiger partial charge in [-0.15, -0.1) is 0 Å². The summed E-state index contributed by atoms with van der Waals surface area (Å²) in [4.78, 5) is 22.2. The Labute approximate surface area is 146 Å². The number of nitrogens with zero attached hydrogens (tertiary/aromatic N) is 2. The topological polar surface area (TPSA) is 69.2 Å². The summed E-state index contributed by atoms with van der Waals surface area (Å²) in [7, 11) is 1.89. The van der Waals surface area contributed by atoms with E-state index < -0.39 is 0 Å². The molecule has 4 rings (SSSR count). The van der Waals surface area contributed by atoms with E-state index in [1.165, 1.54) is 0 Å². The highest BCUT2D eigenvalue weighted by molar-refractivity contribution is 6.31. The number of aliphatic hydroxyl groups excluding tert-OH is 1. The van der Waals surface area contributed by atoms with Crippen molar-refractivity contribution >= 4 is 28.5 Å². The Kier molecular flexibility index (Phi) is 4.01. The Bertz CT molecular complexity index is 761. The molecule has 0 spiro atoms. The fourth-order valence-corrected chi connectivity index (χ4v) is 4.63. The maximum Gasteiger partial charge on any atom is 0.230 e. The number of nitrogens with one attached hydrogen (secondary N) is 1. The van der Waals surface area contributed by atoms with Crippen LogP contribution in [0.5, 0.6) is 0 Å². The maximum atomic E-state index is 12.6. The van der Waals surface area contributed by atoms with E-state index >= 15 is 0 Å². The van der Waals surface area contributed by atoms with Crippen molar-refractivity contribution in [3.05, 3.63) is 29.0 Å². The summed E-state index contributed by atoms with van der Waals surface area (Å²) in [6.45, 7) is 0. The van der Waals surface area contributed by atoms with Crippen molar-refractivity contribution in [1.82, 2.24) is 14.9 Å². The fourth-order valence-electron chi connectivity index (χ4n) is 4.46. The van der Waals surface area contributed by atoms with Crippen molar-refractivity contribution in [1.29, 1.82) is 0 Å². The van der Waals surface area contributed by atoms with Crippen LogP contribution < -0.4 is 0 Å². The van der Waals surface area contributed by atoms with Gasteiger partial charge in [0.05, 0.1) is 23.6 Å². The first-order chi connectivity index (χ1) is 11.5. The third-order valence-electron chi connectivity index (χ3n) is 5.72. The van der Waals surface area contributed by atoms with Crippen LogP contribution in [0.3, 0.4) is 0 Å². The van der Waals surface area contributed by atoms with Gasteiger partial charge < -0.3 is 15.0 Å². The third kappa shape index (κ3) is 2.91. The van der Waals surface area contributed by atoms with Gasteiger partial charge in [-0.2, -0.15) is 0 Å². The van der Waals surface area contributed by atoms with Crippen molar-refractivity contribution in [2.75, 3.05) is 7.05 Å². The number of hydrogen-bond donors (Lipinski definition) is 2. The van der Waals surface area contributed by atoms with E-state index in [4.69, 9.17) is 11.6 Å². The number of aliphatic hydroxyl groups is 1. The number of halogens is 1. The number of aromatic nitrogens is 2. The summed E-state index contributed by atoms with van der Waals surface area (Å²) in [5.41, 5.74) is 1.69. The average molecular weight is 348 g/mol. The first-order valence-corrected chi connectivity index (χ1v) is 8.95. The largest absolute Gasteiger partial charge is 0.393 e. The van der Waals surface area contributed by atoms with Crippen molar-refractivity contribution in [3.8, 4) is 0 Å². The number of likely N-dealkylation sites (N-methyl/N-ethyl adjacent to an activating group) is 1. The first-order valence-electron chi connectivity index (χ1n) is 8.57. The molecule has 5 nitrogen and oxygen atoms in total. The van der Waals surface area contributed by atoms with Crippen molar-refractivity contribution < 1.29 is 9.90 Å². The minimum atomic E-state index is -0.135. The molecule has 1 aromatic heterocycles. The normalized spacial score (nSPS) is 29.1. The van der Waals surface area contributed by atoms with Crippen LogP contribution in [0.2, 0.25) is 5.02 Å². The molecular formula is C18H22ClN3O2. The van der Waals surface area contributed by atoms with E-state index in [9.17, 15) is 9.90 Å². The predicted molar refractivity (Wildman–Crippen MR) is 92.8 cm³/mol. The maximum absolute atomic E-state index is 12.6. The van der Waals surface area contributed by atoms with Gasteiger partial charge in [0.25, 0.3) is 0 Å². The summed E-state index contributed by atoms with van der Waals surface area (Å²) in [5, 5.41) is 10.4. The number of fused-ring (bicyclic) bond motifs is 2. The van der Waals surface area contributed by atoms with Crippen LogP contribution in [0, 0.1) is 11.8 Å². The van der Waals surface area contributed by atoms with Gasteiger partial charge in [-0.1, -0.05) is 11.6 Å². The first kappa shape index (κ1) is 15.9. The van der Waals surface area contributed by atoms with E-state index in [0.717, 1.165) is 36.7 Å². The summed E-state index contributed by atoms with van der Waals surface area (Å²) in [6.07, 6.45) is 3.96. The number of benzene rings is 1. The van der Waals surface area contributed by atoms with Gasteiger partial charge in [-0.05, 0) is 55.7 Å². The minimum Gasteiger partial charge on any atom is -0.393 e. The van der Waals surface area contributed by atoms with E-state index in [1.807, 2.05) is 24.1 Å². The highest BCUT2D eigenvalue weighted by Gasteiger charge is 2.43. The van der Waals surface area contributed by atoms with Crippen molar-refractivity contribution in [2.24, 2.45) is 11.8 Å². The molecule has 24 heavy (non-hydrogen) atoms. The molecule has 0 aliphatic heterocycles. The zero-order chi connectivity index (χ0) is 16.8. The quantitative estimate of drug-likeness (QED) is 0.897. The average Bonchev–Trinajstić information content (AvgIpc) is 3.17. The SMILES string of the molecule is CN(C(=O)Cc1nc2ccc(Cl)cc2[nH]1)C1C[C@H]2CC(O)C[C@H]2C1. The lowest BCUT2D eigenvalue weighted by molar-refractivity contribution is -0.131. The van der Waals surface area contributed by atoms with E-state index in [1.54, 1.807) is 6.07 Å². The van der Waals surface area contributed by atoms with Gasteiger partial charge in [0.2, 0.25) is 5.91 Å². The second kappa shape index (κ2) is 6.05. The Morgan fingerprint density at radius 3 is 2.75 bits per heavy atom. The Morgan fingerprint density at radius 1 is 1.33 bits per heavy atom. The molecule has 2 aliphatic rings. The zero-order valence-electron chi connectivity index (χ0n) is 13.7. The number of rotatable bonds is 3. The molecular weight excluding hydrogens is 326 g/mol. The standard InChI is InChI=1S/C18H22ClN3O2/c1-22(13-4-10-6-14(23)7-11(10)5-13)18(24)9-17-20-15-3-2-12(19)8-16(15)21-17/h2-3,8,10-11,13-14,23H,4-7,9H2,1H3,(H,20,21)/t10-,11+,13?,14?. The molecule has 2 fully saturated rings. The third-order valence-corrected chi connectivity index (χ3v) is 5.95. The van der Waals surface area contributed by atoms with Crippen LogP contribution in [0.15, 0.2) is 18.2 Å². The summed E-state index contributed by atoms with van der Waals surface area (Å²) < 4.78 is 0. The Hall–Kier alpha value is -1.59. The number of hydrogen-bond acceptors (Lipinski definition) is 3. The number of carbonyl (C=O) groups is 1. The number of carbonyl (C=O) groups excluding carboxylic acids is 1. The summed E-state index contributed by atoms with van der Waals surface area (Å²) in [5.74, 6) is 1.92. The molecule has 128 valence electrons. The molecule has 2 aliphatic carbocycles. The summed E-state index contributed by atoms with van der Waals surface area (Å²) >= 11 is 5.99. The van der Waals surface area contributed by atoms with Gasteiger partial charge in [0.1, 0.15) is 5.82 Å². The smallest absolute Gasteiger partial charge is 0.230 e. The predicted octanol–water partition coefficient (Wildman–Crippen LogP) is 2.77. The number of H-pyrrole nitrogens is 1. The number of imidazole rings is 1. The molecule has 0 radical (unpaired) electrons. The minimum absolute atomic E-state index is 0.0886. The van der Waals surface area contributed by atoms with Crippen LogP contribution in [0.4, 0.5) is 0 Å². The van der Waals surface area contributed by atoms with E-state index in [-0.39, 0.29) is 18.4 Å². The van der Waals surface area contributed by atoms with Crippen LogP contribution in [-0.2, 0) is 11.2 Å². The van der Waals surface area contributed by atoms with Crippen molar-refractivity contribution in [3.63, 3.8) is 0 Å². The molecule has 2 aromatic rings. The lowest BCUT2D eigenvalue weighted by Crippen LogP contribution is -2.37. The second-order valence-corrected chi connectivity index (χ2v) is 7.73. The zero-order valence-corrected chi connectivity index (χ0v) is 14.5. The van der Waals surface area contributed by atoms with E-state index in [0.29, 0.717) is 28.7 Å². The highest BCUT2D eigenvalue weighted by Crippen LogP contribution is 2.45. The summed E-state index contributed by atoms with van der Waals surface area (Å²) in [6, 6.07) is 5.77. The van der Waals surface area contributed by atoms with Gasteiger partial charge in [-0.25, -0.2) is 4.98 Å². The molecule has 1 aromatic carbocycles. The van der Waals surface area contributed by atoms with Crippen LogP contribution in [-0.4, -0.2) is 45.1 Å². The molecule has 6 heteroatoms. The Morgan fingerprint density at radius 2 is 2.04 bits per heavy atom. The molecule has 4 atom stereocenters. The van der Waals surface area contributed by atoms with Crippen LogP contribution in [0.1, 0.15) is 31.5 Å². The monoisotopic (exact) mass is 347 g/mol. The number of amides is 1. The second-order valence-electron chi connectivity index (χ2n) is 7.30. The molecule has 0 saturated heterocycles. The van der Waals surface area contributed by atoms with Gasteiger partial charge in [0.15, 0.2) is 0 Å². The lowest BCUT2D eigenvalue weighted by atomic mass is 10.0. The molecule has 2 saturated carbocycles. The van der Waals surface area contributed by atoms with E-state index in [2.05, 4.69) is 9.97 Å². The number of aromatic amines is 1. The fraction of sp³-hybridized carbons (Fsp3) is 0.556. The van der Waals surface area contributed by atoms with Gasteiger partial charge >= 0.3 is 0 Å². The van der Waals surface area contributed by atoms with Crippen molar-refractivity contribution in [2.45, 2.75) is 44.2 Å².